The predicted octanol–water partition coefficient (Wildman–Crippen LogP) is 4.81. The third kappa shape index (κ3) is 3.90. The number of halogens is 1. The maximum atomic E-state index is 12.2. The Kier molecular flexibility index (Phi) is 4.88. The van der Waals surface area contributed by atoms with Gasteiger partial charge in [0.2, 0.25) is 0 Å². The van der Waals surface area contributed by atoms with Gasteiger partial charge in [-0.2, -0.15) is 5.10 Å². The second-order valence-electron chi connectivity index (χ2n) is 6.05. The molecule has 4 rings (SSSR count). The molecule has 0 aliphatic heterocycles. The lowest BCUT2D eigenvalue weighted by molar-refractivity contribution is 0.0696. The van der Waals surface area contributed by atoms with Crippen LogP contribution >= 0.6 is 11.6 Å². The van der Waals surface area contributed by atoms with E-state index in [4.69, 9.17) is 25.5 Å². The van der Waals surface area contributed by atoms with E-state index in [1.54, 1.807) is 24.3 Å². The number of aromatic carboxylic acids is 1. The van der Waals surface area contributed by atoms with Crippen LogP contribution in [0.1, 0.15) is 26.7 Å². The molecule has 7 nitrogen and oxygen atoms in total. The quantitative estimate of drug-likeness (QED) is 0.364. The maximum Gasteiger partial charge on any atom is 0.335 e. The van der Waals surface area contributed by atoms with Crippen molar-refractivity contribution in [2.75, 3.05) is 0 Å². The third-order valence-corrected chi connectivity index (χ3v) is 4.44. The molecule has 29 heavy (non-hydrogen) atoms. The molecule has 2 aromatic carbocycles. The zero-order valence-electron chi connectivity index (χ0n) is 14.8. The fourth-order valence-corrected chi connectivity index (χ4v) is 2.93. The van der Waals surface area contributed by atoms with E-state index < -0.39 is 11.9 Å². The number of benzene rings is 2. The lowest BCUT2D eigenvalue weighted by Gasteiger charge is -2.02. The first-order valence-corrected chi connectivity index (χ1v) is 8.84. The molecule has 0 aliphatic rings. The van der Waals surface area contributed by atoms with E-state index in [0.29, 0.717) is 27.7 Å². The SMILES string of the molecule is O=C(O)c1ccc(Cl)c(-c2ccc(/C=N/NC(=O)c3cc4ccccc4o3)o2)c1. The Hall–Kier alpha value is -3.84. The highest BCUT2D eigenvalue weighted by Gasteiger charge is 2.13. The molecule has 0 aliphatic carbocycles. The van der Waals surface area contributed by atoms with Crippen molar-refractivity contribution < 1.29 is 23.5 Å². The summed E-state index contributed by atoms with van der Waals surface area (Å²) in [7, 11) is 0. The Bertz CT molecular complexity index is 1220. The van der Waals surface area contributed by atoms with Crippen molar-refractivity contribution in [2.24, 2.45) is 5.10 Å². The number of fused-ring (bicyclic) bond motifs is 1. The number of carboxylic acids is 1. The first kappa shape index (κ1) is 18.5. The van der Waals surface area contributed by atoms with E-state index >= 15 is 0 Å². The Labute approximate surface area is 169 Å². The summed E-state index contributed by atoms with van der Waals surface area (Å²) >= 11 is 6.14. The minimum Gasteiger partial charge on any atom is -0.478 e. The first-order valence-electron chi connectivity index (χ1n) is 8.46. The maximum absolute atomic E-state index is 12.2. The highest BCUT2D eigenvalue weighted by atomic mass is 35.5. The summed E-state index contributed by atoms with van der Waals surface area (Å²) in [5.41, 5.74) is 3.51. The normalized spacial score (nSPS) is 11.2. The van der Waals surface area contributed by atoms with Gasteiger partial charge in [0.15, 0.2) is 5.76 Å². The minimum atomic E-state index is -1.07. The summed E-state index contributed by atoms with van der Waals surface area (Å²) in [4.78, 5) is 23.3. The van der Waals surface area contributed by atoms with Crippen LogP contribution in [0.15, 0.2) is 74.6 Å². The molecular weight excluding hydrogens is 396 g/mol. The number of carbonyl (C=O) groups is 2. The number of carboxylic acid groups (broad SMARTS) is 1. The van der Waals surface area contributed by atoms with Crippen molar-refractivity contribution in [3.8, 4) is 11.3 Å². The molecule has 0 saturated carbocycles. The highest BCUT2D eigenvalue weighted by Crippen LogP contribution is 2.30. The lowest BCUT2D eigenvalue weighted by Crippen LogP contribution is -2.16. The van der Waals surface area contributed by atoms with E-state index in [2.05, 4.69) is 10.5 Å². The zero-order chi connectivity index (χ0) is 20.4. The number of hydrazone groups is 1. The molecule has 144 valence electrons. The number of nitrogens with zero attached hydrogens (tertiary/aromatic N) is 1. The number of carbonyl (C=O) groups excluding carboxylic acids is 1. The van der Waals surface area contributed by atoms with Crippen molar-refractivity contribution in [2.45, 2.75) is 0 Å². The molecule has 0 atom stereocenters. The Morgan fingerprint density at radius 1 is 1.03 bits per heavy atom. The molecule has 0 bridgehead atoms. The van der Waals surface area contributed by atoms with E-state index in [0.717, 1.165) is 5.39 Å². The monoisotopic (exact) mass is 408 g/mol. The lowest BCUT2D eigenvalue weighted by atomic mass is 10.1. The highest BCUT2D eigenvalue weighted by molar-refractivity contribution is 6.33. The third-order valence-electron chi connectivity index (χ3n) is 4.11. The fraction of sp³-hybridized carbons (Fsp3) is 0. The summed E-state index contributed by atoms with van der Waals surface area (Å²) in [5.74, 6) is -0.698. The summed E-state index contributed by atoms with van der Waals surface area (Å²) < 4.78 is 11.1. The standard InChI is InChI=1S/C21H13ClN2O5/c22-16-7-5-13(21(26)27)9-15(16)18-8-6-14(28-18)11-23-24-20(25)19-10-12-3-1-2-4-17(12)29-19/h1-11H,(H,24,25)(H,26,27)/b23-11+. The van der Waals surface area contributed by atoms with Crippen molar-refractivity contribution in [3.05, 3.63) is 82.8 Å². The van der Waals surface area contributed by atoms with Crippen LogP contribution in [0.2, 0.25) is 5.02 Å². The summed E-state index contributed by atoms with van der Waals surface area (Å²) in [6.07, 6.45) is 1.32. The van der Waals surface area contributed by atoms with Gasteiger partial charge < -0.3 is 13.9 Å². The zero-order valence-corrected chi connectivity index (χ0v) is 15.5. The van der Waals surface area contributed by atoms with Gasteiger partial charge in [-0.3, -0.25) is 4.79 Å². The van der Waals surface area contributed by atoms with E-state index in [1.165, 1.54) is 24.4 Å². The van der Waals surface area contributed by atoms with Gasteiger partial charge in [0, 0.05) is 10.9 Å². The van der Waals surface area contributed by atoms with Crippen LogP contribution in [-0.4, -0.2) is 23.2 Å². The van der Waals surface area contributed by atoms with Crippen LogP contribution in [0.5, 0.6) is 0 Å². The molecule has 0 unspecified atom stereocenters. The molecule has 0 radical (unpaired) electrons. The van der Waals surface area contributed by atoms with Crippen LogP contribution < -0.4 is 5.43 Å². The van der Waals surface area contributed by atoms with Gasteiger partial charge in [-0.05, 0) is 42.5 Å². The van der Waals surface area contributed by atoms with Crippen LogP contribution in [0, 0.1) is 0 Å². The van der Waals surface area contributed by atoms with Crippen molar-refractivity contribution in [1.82, 2.24) is 5.43 Å². The van der Waals surface area contributed by atoms with Crippen LogP contribution in [0.3, 0.4) is 0 Å². The molecule has 0 saturated heterocycles. The van der Waals surface area contributed by atoms with Gasteiger partial charge in [-0.1, -0.05) is 29.8 Å². The molecule has 0 fully saturated rings. The van der Waals surface area contributed by atoms with E-state index in [1.807, 2.05) is 18.2 Å². The van der Waals surface area contributed by atoms with Gasteiger partial charge in [0.05, 0.1) is 16.8 Å². The largest absolute Gasteiger partial charge is 0.478 e. The fourth-order valence-electron chi connectivity index (χ4n) is 2.72. The smallest absolute Gasteiger partial charge is 0.335 e. The number of furan rings is 2. The number of rotatable bonds is 5. The Balaban J connectivity index is 1.48. The van der Waals surface area contributed by atoms with Gasteiger partial charge in [-0.15, -0.1) is 0 Å². The van der Waals surface area contributed by atoms with Gasteiger partial charge in [0.25, 0.3) is 0 Å². The Morgan fingerprint density at radius 3 is 2.66 bits per heavy atom. The molecule has 8 heteroatoms. The number of amides is 1. The molecule has 2 N–H and O–H groups in total. The molecular formula is C21H13ClN2O5. The van der Waals surface area contributed by atoms with Gasteiger partial charge >= 0.3 is 11.9 Å². The predicted molar refractivity (Wildman–Crippen MR) is 107 cm³/mol. The molecule has 4 aromatic rings. The number of para-hydroxylation sites is 1. The van der Waals surface area contributed by atoms with E-state index in [9.17, 15) is 9.59 Å². The first-order chi connectivity index (χ1) is 14.0. The number of hydrogen-bond acceptors (Lipinski definition) is 5. The van der Waals surface area contributed by atoms with Crippen LogP contribution in [-0.2, 0) is 0 Å². The average Bonchev–Trinajstić information content (AvgIpc) is 3.35. The average molecular weight is 409 g/mol. The summed E-state index contributed by atoms with van der Waals surface area (Å²) in [5, 5.41) is 14.1. The van der Waals surface area contributed by atoms with Crippen molar-refractivity contribution in [1.29, 1.82) is 0 Å². The van der Waals surface area contributed by atoms with Crippen molar-refractivity contribution in [3.63, 3.8) is 0 Å². The Morgan fingerprint density at radius 2 is 1.86 bits per heavy atom. The molecule has 2 heterocycles. The topological polar surface area (TPSA) is 105 Å². The molecule has 0 spiro atoms. The second-order valence-corrected chi connectivity index (χ2v) is 6.46. The molecule has 2 aromatic heterocycles. The van der Waals surface area contributed by atoms with Crippen molar-refractivity contribution >= 4 is 40.7 Å². The summed E-state index contributed by atoms with van der Waals surface area (Å²) in [6.45, 7) is 0. The van der Waals surface area contributed by atoms with Gasteiger partial charge in [-0.25, -0.2) is 10.2 Å². The van der Waals surface area contributed by atoms with Crippen LogP contribution in [0.25, 0.3) is 22.3 Å². The van der Waals surface area contributed by atoms with Gasteiger partial charge in [0.1, 0.15) is 17.1 Å². The second kappa shape index (κ2) is 7.65. The summed E-state index contributed by atoms with van der Waals surface area (Å²) in [6, 6.07) is 16.5. The molecule has 1 amide bonds. The van der Waals surface area contributed by atoms with Crippen LogP contribution in [0.4, 0.5) is 0 Å². The number of hydrogen-bond donors (Lipinski definition) is 2. The number of nitrogens with one attached hydrogen (secondary N) is 1. The minimum absolute atomic E-state index is 0.0918. The van der Waals surface area contributed by atoms with E-state index in [-0.39, 0.29) is 11.3 Å².